The molecular weight excluding hydrogens is 234 g/mol. The summed E-state index contributed by atoms with van der Waals surface area (Å²) in [7, 11) is 0. The van der Waals surface area contributed by atoms with Gasteiger partial charge in [-0.1, -0.05) is 0 Å². The van der Waals surface area contributed by atoms with E-state index in [0.29, 0.717) is 30.2 Å². The highest BCUT2D eigenvalue weighted by Gasteiger charge is 2.23. The van der Waals surface area contributed by atoms with E-state index >= 15 is 0 Å². The number of ketones is 1. The molecule has 0 atom stereocenters. The molecule has 5 heteroatoms. The molecule has 0 unspecified atom stereocenters. The van der Waals surface area contributed by atoms with Gasteiger partial charge >= 0.3 is 0 Å². The van der Waals surface area contributed by atoms with E-state index in [1.807, 2.05) is 13.8 Å². The van der Waals surface area contributed by atoms with Crippen molar-refractivity contribution in [2.24, 2.45) is 0 Å². The maximum atomic E-state index is 12.0. The van der Waals surface area contributed by atoms with Gasteiger partial charge in [0, 0.05) is 18.7 Å². The highest BCUT2D eigenvalue weighted by Crippen LogP contribution is 2.32. The number of likely N-dealkylation sites (N-methyl/N-ethyl adjacent to an activating group) is 1. The lowest BCUT2D eigenvalue weighted by atomic mass is 10.1. The molecule has 2 rings (SSSR count). The lowest BCUT2D eigenvalue weighted by Crippen LogP contribution is -2.36. The lowest BCUT2D eigenvalue weighted by Gasteiger charge is -2.17. The number of ether oxygens (including phenoxy) is 2. The summed E-state index contributed by atoms with van der Waals surface area (Å²) in [5, 5.41) is 0. The highest BCUT2D eigenvalue weighted by molar-refractivity contribution is 6.42. The Kier molecular flexibility index (Phi) is 3.50. The van der Waals surface area contributed by atoms with E-state index in [1.54, 1.807) is 18.2 Å². The van der Waals surface area contributed by atoms with Crippen molar-refractivity contribution in [3.05, 3.63) is 23.8 Å². The topological polar surface area (TPSA) is 55.8 Å². The normalized spacial score (nSPS) is 12.3. The Hall–Kier alpha value is -2.04. The monoisotopic (exact) mass is 249 g/mol. The zero-order valence-electron chi connectivity index (χ0n) is 10.4. The molecule has 1 aromatic rings. The molecule has 0 saturated heterocycles. The SMILES string of the molecule is CCN(CC)C(=O)C(=O)c1ccc2c(c1)OCO2. The first-order valence-electron chi connectivity index (χ1n) is 5.90. The molecule has 0 saturated carbocycles. The third-order valence-electron chi connectivity index (χ3n) is 2.88. The van der Waals surface area contributed by atoms with Crippen molar-refractivity contribution >= 4 is 11.7 Å². The van der Waals surface area contributed by atoms with Crippen LogP contribution in [0.15, 0.2) is 18.2 Å². The number of hydrogen-bond acceptors (Lipinski definition) is 4. The summed E-state index contributed by atoms with van der Waals surface area (Å²) in [5.74, 6) is 0.103. The molecule has 0 bridgehead atoms. The van der Waals surface area contributed by atoms with Gasteiger partial charge in [0.15, 0.2) is 11.5 Å². The van der Waals surface area contributed by atoms with E-state index in [9.17, 15) is 9.59 Å². The van der Waals surface area contributed by atoms with Crippen molar-refractivity contribution in [1.82, 2.24) is 4.90 Å². The average Bonchev–Trinajstić information content (AvgIpc) is 2.86. The number of fused-ring (bicyclic) bond motifs is 1. The maximum absolute atomic E-state index is 12.0. The summed E-state index contributed by atoms with van der Waals surface area (Å²) < 4.78 is 10.3. The molecule has 1 aliphatic rings. The summed E-state index contributed by atoms with van der Waals surface area (Å²) in [6, 6.07) is 4.77. The van der Waals surface area contributed by atoms with Crippen LogP contribution >= 0.6 is 0 Å². The van der Waals surface area contributed by atoms with Crippen LogP contribution in [-0.4, -0.2) is 36.5 Å². The number of Topliss-reactive ketones (excluding diaryl/α,β-unsaturated/α-hetero) is 1. The number of carbonyl (C=O) groups is 2. The molecule has 5 nitrogen and oxygen atoms in total. The van der Waals surface area contributed by atoms with Crippen molar-refractivity contribution in [2.75, 3.05) is 19.9 Å². The third kappa shape index (κ3) is 2.16. The molecule has 0 fully saturated rings. The van der Waals surface area contributed by atoms with Crippen molar-refractivity contribution in [3.63, 3.8) is 0 Å². The summed E-state index contributed by atoms with van der Waals surface area (Å²) in [4.78, 5) is 25.4. The summed E-state index contributed by atoms with van der Waals surface area (Å²) in [6.07, 6.45) is 0. The van der Waals surface area contributed by atoms with E-state index in [4.69, 9.17) is 9.47 Å². The van der Waals surface area contributed by atoms with Crippen LogP contribution in [0.3, 0.4) is 0 Å². The molecular formula is C13H15NO4. The second kappa shape index (κ2) is 5.08. The van der Waals surface area contributed by atoms with Crippen LogP contribution in [0.2, 0.25) is 0 Å². The molecule has 1 amide bonds. The van der Waals surface area contributed by atoms with Crippen LogP contribution in [0.4, 0.5) is 0 Å². The predicted molar refractivity (Wildman–Crippen MR) is 64.8 cm³/mol. The maximum Gasteiger partial charge on any atom is 0.294 e. The second-order valence-corrected chi connectivity index (χ2v) is 3.87. The van der Waals surface area contributed by atoms with Gasteiger partial charge in [-0.25, -0.2) is 0 Å². The smallest absolute Gasteiger partial charge is 0.294 e. The Balaban J connectivity index is 2.21. The van der Waals surface area contributed by atoms with Crippen LogP contribution in [0, 0.1) is 0 Å². The lowest BCUT2D eigenvalue weighted by molar-refractivity contribution is -0.126. The Morgan fingerprint density at radius 3 is 2.50 bits per heavy atom. The van der Waals surface area contributed by atoms with Crippen molar-refractivity contribution < 1.29 is 19.1 Å². The standard InChI is InChI=1S/C13H15NO4/c1-3-14(4-2)13(16)12(15)9-5-6-10-11(7-9)18-8-17-10/h5-7H,3-4,8H2,1-2H3. The van der Waals surface area contributed by atoms with Crippen LogP contribution in [-0.2, 0) is 4.79 Å². The van der Waals surface area contributed by atoms with E-state index in [2.05, 4.69) is 0 Å². The van der Waals surface area contributed by atoms with Crippen LogP contribution < -0.4 is 9.47 Å². The van der Waals surface area contributed by atoms with Gasteiger partial charge < -0.3 is 14.4 Å². The van der Waals surface area contributed by atoms with Gasteiger partial charge in [-0.2, -0.15) is 0 Å². The summed E-state index contributed by atoms with van der Waals surface area (Å²) in [5.41, 5.74) is 0.330. The molecule has 1 aliphatic heterocycles. The fourth-order valence-electron chi connectivity index (χ4n) is 1.82. The van der Waals surface area contributed by atoms with Crippen LogP contribution in [0.25, 0.3) is 0 Å². The van der Waals surface area contributed by atoms with Gasteiger partial charge in [0.2, 0.25) is 6.79 Å². The molecule has 0 aromatic heterocycles. The quantitative estimate of drug-likeness (QED) is 0.599. The molecule has 1 heterocycles. The van der Waals surface area contributed by atoms with E-state index in [-0.39, 0.29) is 6.79 Å². The molecule has 96 valence electrons. The van der Waals surface area contributed by atoms with Gasteiger partial charge in [0.1, 0.15) is 0 Å². The van der Waals surface area contributed by atoms with E-state index in [1.165, 1.54) is 4.90 Å². The van der Waals surface area contributed by atoms with Crippen LogP contribution in [0.5, 0.6) is 11.5 Å². The van der Waals surface area contributed by atoms with E-state index < -0.39 is 11.7 Å². The van der Waals surface area contributed by atoms with E-state index in [0.717, 1.165) is 0 Å². The minimum absolute atomic E-state index is 0.150. The highest BCUT2D eigenvalue weighted by atomic mass is 16.7. The van der Waals surface area contributed by atoms with Gasteiger partial charge in [0.05, 0.1) is 0 Å². The third-order valence-corrected chi connectivity index (χ3v) is 2.88. The zero-order chi connectivity index (χ0) is 13.1. The molecule has 0 aliphatic carbocycles. The number of carbonyl (C=O) groups excluding carboxylic acids is 2. The van der Waals surface area contributed by atoms with Crippen LogP contribution in [0.1, 0.15) is 24.2 Å². The zero-order valence-corrected chi connectivity index (χ0v) is 10.4. The molecule has 0 radical (unpaired) electrons. The Bertz CT molecular complexity index is 480. The van der Waals surface area contributed by atoms with Gasteiger partial charge in [-0.15, -0.1) is 0 Å². The fourth-order valence-corrected chi connectivity index (χ4v) is 1.82. The number of rotatable bonds is 4. The number of nitrogens with zero attached hydrogens (tertiary/aromatic N) is 1. The first-order chi connectivity index (χ1) is 8.67. The molecule has 1 aromatic carbocycles. The number of amides is 1. The molecule has 0 N–H and O–H groups in total. The number of hydrogen-bond donors (Lipinski definition) is 0. The second-order valence-electron chi connectivity index (χ2n) is 3.87. The summed E-state index contributed by atoms with van der Waals surface area (Å²) >= 11 is 0. The fraction of sp³-hybridized carbons (Fsp3) is 0.385. The minimum Gasteiger partial charge on any atom is -0.454 e. The van der Waals surface area contributed by atoms with Crippen molar-refractivity contribution in [1.29, 1.82) is 0 Å². The Morgan fingerprint density at radius 1 is 1.17 bits per heavy atom. The average molecular weight is 249 g/mol. The van der Waals surface area contributed by atoms with Gasteiger partial charge in [-0.05, 0) is 32.0 Å². The Morgan fingerprint density at radius 2 is 1.83 bits per heavy atom. The molecule has 18 heavy (non-hydrogen) atoms. The van der Waals surface area contributed by atoms with Gasteiger partial charge in [-0.3, -0.25) is 9.59 Å². The first kappa shape index (κ1) is 12.4. The first-order valence-corrected chi connectivity index (χ1v) is 5.90. The largest absolute Gasteiger partial charge is 0.454 e. The number of benzene rings is 1. The van der Waals surface area contributed by atoms with Gasteiger partial charge in [0.25, 0.3) is 11.7 Å². The molecule has 0 spiro atoms. The Labute approximate surface area is 105 Å². The summed E-state index contributed by atoms with van der Waals surface area (Å²) in [6.45, 7) is 4.87. The minimum atomic E-state index is -0.517. The predicted octanol–water partition coefficient (Wildman–Crippen LogP) is 1.47. The van der Waals surface area contributed by atoms with Crippen molar-refractivity contribution in [2.45, 2.75) is 13.8 Å². The van der Waals surface area contributed by atoms with Crippen molar-refractivity contribution in [3.8, 4) is 11.5 Å².